The minimum atomic E-state index is -1.21. The third-order valence-electron chi connectivity index (χ3n) is 6.86. The number of aromatic nitrogens is 2. The van der Waals surface area contributed by atoms with Crippen molar-refractivity contribution in [1.82, 2.24) is 14.5 Å². The highest BCUT2D eigenvalue weighted by molar-refractivity contribution is 6.03. The van der Waals surface area contributed by atoms with Crippen LogP contribution in [0.2, 0.25) is 0 Å². The van der Waals surface area contributed by atoms with Gasteiger partial charge in [-0.2, -0.15) is 4.98 Å². The van der Waals surface area contributed by atoms with E-state index in [4.69, 9.17) is 19.9 Å². The van der Waals surface area contributed by atoms with Crippen LogP contribution < -0.4 is 16.7 Å². The molecule has 2 aromatic rings. The Morgan fingerprint density at radius 2 is 1.81 bits per heavy atom. The molecule has 1 aromatic carbocycles. The van der Waals surface area contributed by atoms with E-state index < -0.39 is 48.5 Å². The number of likely N-dealkylation sites (N-methyl/N-ethyl adjacent to an activating group) is 1. The number of nitrogens with zero attached hydrogens (tertiary/aromatic N) is 3. The summed E-state index contributed by atoms with van der Waals surface area (Å²) in [5.74, 6) is -0.282. The molecule has 1 aromatic heterocycles. The fourth-order valence-electron chi connectivity index (χ4n) is 4.88. The van der Waals surface area contributed by atoms with Crippen LogP contribution in [0.5, 0.6) is 0 Å². The third kappa shape index (κ3) is 6.00. The van der Waals surface area contributed by atoms with Gasteiger partial charge in [-0.1, -0.05) is 0 Å². The van der Waals surface area contributed by atoms with Crippen LogP contribution >= 0.6 is 0 Å². The van der Waals surface area contributed by atoms with Crippen molar-refractivity contribution < 1.29 is 29.2 Å². The first-order valence-electron chi connectivity index (χ1n) is 12.3. The van der Waals surface area contributed by atoms with Crippen LogP contribution in [-0.2, 0) is 14.2 Å². The maximum Gasteiger partial charge on any atom is 0.351 e. The number of nitrogens with one attached hydrogen (secondary N) is 1. The summed E-state index contributed by atoms with van der Waals surface area (Å²) in [4.78, 5) is 30.9. The van der Waals surface area contributed by atoms with E-state index in [1.165, 1.54) is 16.8 Å². The summed E-state index contributed by atoms with van der Waals surface area (Å²) in [6, 6.07) is 7.57. The van der Waals surface area contributed by atoms with Gasteiger partial charge in [0, 0.05) is 17.4 Å². The van der Waals surface area contributed by atoms with Gasteiger partial charge in [0.1, 0.15) is 24.3 Å². The molecule has 5 N–H and O–H groups in total. The summed E-state index contributed by atoms with van der Waals surface area (Å²) in [7, 11) is 3.63. The van der Waals surface area contributed by atoms with Gasteiger partial charge in [-0.15, -0.1) is 0 Å². The Balaban J connectivity index is 1.36. The maximum absolute atomic E-state index is 12.7. The molecule has 0 bridgehead atoms. The number of nitrogen functional groups attached to an aromatic ring is 1. The van der Waals surface area contributed by atoms with Gasteiger partial charge in [-0.3, -0.25) is 9.36 Å². The Labute approximate surface area is 215 Å². The monoisotopic (exact) mass is 517 g/mol. The standard InChI is InChI=1S/C25H35N5O7/c1-13-17(37-24-22(32)21(31)20(29(3)4)14(2)36-24)9-10-19(35-13)30-12-11-18(28-25(30)34)27-23(33)15-5-7-16(26)8-6-15/h5-8,11-14,17,19-22,24,31-32H,9-10,26H2,1-4H3,(H,27,28,33,34)/t13-,14-,17+,19-,20-,21+,22-,24+/m1/s1. The minimum Gasteiger partial charge on any atom is -0.399 e. The van der Waals surface area contributed by atoms with Crippen LogP contribution in [0.15, 0.2) is 41.3 Å². The van der Waals surface area contributed by atoms with Crippen molar-refractivity contribution >= 4 is 17.4 Å². The molecule has 2 aliphatic heterocycles. The van der Waals surface area contributed by atoms with Crippen molar-refractivity contribution in [2.24, 2.45) is 0 Å². The molecule has 2 fully saturated rings. The number of anilines is 2. The lowest BCUT2D eigenvalue weighted by molar-refractivity contribution is -0.310. The maximum atomic E-state index is 12.7. The number of rotatable bonds is 6. The average molecular weight is 518 g/mol. The van der Waals surface area contributed by atoms with E-state index in [-0.39, 0.29) is 18.0 Å². The minimum absolute atomic E-state index is 0.125. The molecule has 2 saturated heterocycles. The van der Waals surface area contributed by atoms with Gasteiger partial charge < -0.3 is 40.4 Å². The number of ether oxygens (including phenoxy) is 3. The highest BCUT2D eigenvalue weighted by Crippen LogP contribution is 2.32. The summed E-state index contributed by atoms with van der Waals surface area (Å²) in [6.07, 6.45) is -2.49. The fourth-order valence-corrected chi connectivity index (χ4v) is 4.88. The normalized spacial score (nSPS) is 32.3. The molecule has 37 heavy (non-hydrogen) atoms. The van der Waals surface area contributed by atoms with Crippen molar-refractivity contribution in [3.63, 3.8) is 0 Å². The largest absolute Gasteiger partial charge is 0.399 e. The second kappa shape index (κ2) is 11.3. The Morgan fingerprint density at radius 1 is 1.11 bits per heavy atom. The number of amides is 1. The van der Waals surface area contributed by atoms with Crippen molar-refractivity contribution in [2.75, 3.05) is 25.1 Å². The molecule has 4 rings (SSSR count). The molecule has 1 amide bonds. The summed E-state index contributed by atoms with van der Waals surface area (Å²) >= 11 is 0. The van der Waals surface area contributed by atoms with E-state index in [1.54, 1.807) is 24.3 Å². The predicted octanol–water partition coefficient (Wildman–Crippen LogP) is 0.557. The summed E-state index contributed by atoms with van der Waals surface area (Å²) in [6.45, 7) is 3.64. The Kier molecular flexibility index (Phi) is 8.26. The van der Waals surface area contributed by atoms with Crippen molar-refractivity contribution in [2.45, 2.75) is 75.8 Å². The zero-order valence-electron chi connectivity index (χ0n) is 21.4. The van der Waals surface area contributed by atoms with Gasteiger partial charge in [-0.25, -0.2) is 4.79 Å². The first-order valence-corrected chi connectivity index (χ1v) is 12.3. The van der Waals surface area contributed by atoms with Crippen LogP contribution in [0, 0.1) is 0 Å². The average Bonchev–Trinajstić information content (AvgIpc) is 2.84. The topological polar surface area (TPSA) is 161 Å². The first kappa shape index (κ1) is 27.2. The number of benzene rings is 1. The van der Waals surface area contributed by atoms with Gasteiger partial charge in [0.2, 0.25) is 0 Å². The van der Waals surface area contributed by atoms with Crippen molar-refractivity contribution in [3.8, 4) is 0 Å². The highest BCUT2D eigenvalue weighted by atomic mass is 16.7. The van der Waals surface area contributed by atoms with Gasteiger partial charge in [0.25, 0.3) is 5.91 Å². The van der Waals surface area contributed by atoms with E-state index in [0.29, 0.717) is 24.1 Å². The molecular formula is C25H35N5O7. The smallest absolute Gasteiger partial charge is 0.351 e. The molecule has 0 spiro atoms. The number of carbonyl (C=O) groups excluding carboxylic acids is 1. The molecule has 202 valence electrons. The van der Waals surface area contributed by atoms with Gasteiger partial charge in [-0.05, 0) is 71.1 Å². The lowest BCUT2D eigenvalue weighted by Gasteiger charge is -2.46. The molecule has 2 aliphatic rings. The zero-order chi connectivity index (χ0) is 26.9. The number of aliphatic hydroxyl groups excluding tert-OH is 2. The SMILES string of the molecule is C[C@H]1O[C@@H](O[C@H]2CC[C@H](n3ccc(NC(=O)c4ccc(N)cc4)nc3=O)O[C@@H]2C)[C@H](O)[C@@H](O)[C@@H]1N(C)C. The second-order valence-electron chi connectivity index (χ2n) is 9.77. The Hall–Kier alpha value is -2.87. The van der Waals surface area contributed by atoms with Crippen molar-refractivity contribution in [3.05, 3.63) is 52.6 Å². The Bertz CT molecular complexity index is 1140. The second-order valence-corrected chi connectivity index (χ2v) is 9.77. The highest BCUT2D eigenvalue weighted by Gasteiger charge is 2.46. The van der Waals surface area contributed by atoms with E-state index in [2.05, 4.69) is 10.3 Å². The lowest BCUT2D eigenvalue weighted by atomic mass is 9.96. The number of hydrogen-bond acceptors (Lipinski definition) is 10. The quantitative estimate of drug-likeness (QED) is 0.398. The molecule has 0 saturated carbocycles. The van der Waals surface area contributed by atoms with Crippen LogP contribution in [-0.4, -0.2) is 87.5 Å². The fraction of sp³-hybridized carbons (Fsp3) is 0.560. The number of aliphatic hydroxyl groups is 2. The van der Waals surface area contributed by atoms with E-state index >= 15 is 0 Å². The molecule has 12 nitrogen and oxygen atoms in total. The number of nitrogens with two attached hydrogens (primary N) is 1. The van der Waals surface area contributed by atoms with Crippen LogP contribution in [0.4, 0.5) is 11.5 Å². The predicted molar refractivity (Wildman–Crippen MR) is 135 cm³/mol. The lowest BCUT2D eigenvalue weighted by Crippen LogP contribution is -2.62. The van der Waals surface area contributed by atoms with E-state index in [0.717, 1.165) is 0 Å². The molecule has 3 heterocycles. The molecule has 12 heteroatoms. The zero-order valence-corrected chi connectivity index (χ0v) is 21.4. The summed E-state index contributed by atoms with van der Waals surface area (Å²) in [5.41, 5.74) is 6.01. The summed E-state index contributed by atoms with van der Waals surface area (Å²) in [5, 5.41) is 23.7. The van der Waals surface area contributed by atoms with E-state index in [1.807, 2.05) is 32.8 Å². The summed E-state index contributed by atoms with van der Waals surface area (Å²) < 4.78 is 19.3. The molecular weight excluding hydrogens is 482 g/mol. The molecule has 8 atom stereocenters. The van der Waals surface area contributed by atoms with Gasteiger partial charge in [0.15, 0.2) is 6.29 Å². The Morgan fingerprint density at radius 3 is 2.43 bits per heavy atom. The van der Waals surface area contributed by atoms with Gasteiger partial charge >= 0.3 is 5.69 Å². The van der Waals surface area contributed by atoms with Crippen LogP contribution in [0.3, 0.4) is 0 Å². The van der Waals surface area contributed by atoms with Crippen LogP contribution in [0.25, 0.3) is 0 Å². The third-order valence-corrected chi connectivity index (χ3v) is 6.86. The van der Waals surface area contributed by atoms with E-state index in [9.17, 15) is 19.8 Å². The molecule has 0 unspecified atom stereocenters. The van der Waals surface area contributed by atoms with Gasteiger partial charge in [0.05, 0.1) is 24.4 Å². The van der Waals surface area contributed by atoms with Crippen molar-refractivity contribution in [1.29, 1.82) is 0 Å². The number of hydrogen-bond donors (Lipinski definition) is 4. The molecule has 0 radical (unpaired) electrons. The number of carbonyl (C=O) groups is 1. The molecule has 0 aliphatic carbocycles. The first-order chi connectivity index (χ1) is 17.5. The van der Waals surface area contributed by atoms with Crippen LogP contribution in [0.1, 0.15) is 43.3 Å².